The molecule has 0 aliphatic rings. The molecule has 0 aromatic carbocycles. The first kappa shape index (κ1) is 10.4. The van der Waals surface area contributed by atoms with Crippen LogP contribution in [0.15, 0.2) is 4.99 Å². The third kappa shape index (κ3) is 5.23. The minimum Gasteiger partial charge on any atom is -0.465 e. The summed E-state index contributed by atoms with van der Waals surface area (Å²) < 4.78 is 4.81. The van der Waals surface area contributed by atoms with Gasteiger partial charge in [0.2, 0.25) is 0 Å². The van der Waals surface area contributed by atoms with Crippen LogP contribution in [0.2, 0.25) is 0 Å². The molecule has 0 rings (SSSR count). The SMILES string of the molecule is CCCOC(N)=NC(=O)CC#N. The van der Waals surface area contributed by atoms with Crippen LogP contribution in [-0.4, -0.2) is 18.5 Å². The van der Waals surface area contributed by atoms with Crippen LogP contribution in [0.25, 0.3) is 0 Å². The molecule has 0 heterocycles. The fourth-order valence-corrected chi connectivity index (χ4v) is 0.469. The third-order valence-corrected chi connectivity index (χ3v) is 0.919. The fraction of sp³-hybridized carbons (Fsp3) is 0.571. The molecule has 0 aliphatic carbocycles. The predicted molar refractivity (Wildman–Crippen MR) is 43.1 cm³/mol. The van der Waals surface area contributed by atoms with E-state index in [1.807, 2.05) is 6.92 Å². The first-order valence-electron chi connectivity index (χ1n) is 3.57. The third-order valence-electron chi connectivity index (χ3n) is 0.919. The highest BCUT2D eigenvalue weighted by atomic mass is 16.5. The van der Waals surface area contributed by atoms with Crippen molar-refractivity contribution in [3.05, 3.63) is 0 Å². The molecule has 0 aromatic heterocycles. The van der Waals surface area contributed by atoms with Gasteiger partial charge in [-0.2, -0.15) is 10.3 Å². The highest BCUT2D eigenvalue weighted by molar-refractivity contribution is 5.90. The van der Waals surface area contributed by atoms with E-state index in [1.54, 1.807) is 6.07 Å². The molecule has 1 amide bonds. The van der Waals surface area contributed by atoms with Gasteiger partial charge in [-0.25, -0.2) is 0 Å². The molecule has 0 spiro atoms. The lowest BCUT2D eigenvalue weighted by Crippen LogP contribution is -2.18. The molecule has 2 N–H and O–H groups in total. The molecule has 0 bridgehead atoms. The second kappa shape index (κ2) is 6.16. The fourth-order valence-electron chi connectivity index (χ4n) is 0.469. The molecular formula is C7H11N3O2. The Morgan fingerprint density at radius 1 is 1.75 bits per heavy atom. The van der Waals surface area contributed by atoms with E-state index in [1.165, 1.54) is 0 Å². The quantitative estimate of drug-likeness (QED) is 0.481. The smallest absolute Gasteiger partial charge is 0.289 e. The number of amidine groups is 1. The van der Waals surface area contributed by atoms with E-state index in [-0.39, 0.29) is 12.4 Å². The number of amides is 1. The first-order valence-corrected chi connectivity index (χ1v) is 3.57. The number of carbonyl (C=O) groups is 1. The zero-order chi connectivity index (χ0) is 9.40. The van der Waals surface area contributed by atoms with E-state index in [4.69, 9.17) is 15.7 Å². The molecule has 12 heavy (non-hydrogen) atoms. The van der Waals surface area contributed by atoms with Gasteiger partial charge in [-0.05, 0) is 6.42 Å². The van der Waals surface area contributed by atoms with Crippen molar-refractivity contribution in [1.29, 1.82) is 5.26 Å². The van der Waals surface area contributed by atoms with Crippen LogP contribution >= 0.6 is 0 Å². The summed E-state index contributed by atoms with van der Waals surface area (Å²) in [6, 6.07) is 1.49. The standard InChI is InChI=1S/C7H11N3O2/c1-2-5-12-7(9)10-6(11)3-4-8/h2-3,5H2,1H3,(H2,9,10,11). The van der Waals surface area contributed by atoms with Gasteiger partial charge in [-0.3, -0.25) is 4.79 Å². The summed E-state index contributed by atoms with van der Waals surface area (Å²) in [5.41, 5.74) is 5.19. The van der Waals surface area contributed by atoms with Gasteiger partial charge in [0.15, 0.2) is 0 Å². The van der Waals surface area contributed by atoms with Gasteiger partial charge >= 0.3 is 0 Å². The minimum absolute atomic E-state index is 0.169. The molecule has 66 valence electrons. The van der Waals surface area contributed by atoms with Gasteiger partial charge in [-0.1, -0.05) is 6.92 Å². The van der Waals surface area contributed by atoms with Gasteiger partial charge in [0.1, 0.15) is 6.42 Å². The highest BCUT2D eigenvalue weighted by Gasteiger charge is 1.99. The minimum atomic E-state index is -0.578. The molecule has 5 nitrogen and oxygen atoms in total. The van der Waals surface area contributed by atoms with Crippen molar-refractivity contribution < 1.29 is 9.53 Å². The number of nitrogens with two attached hydrogens (primary N) is 1. The van der Waals surface area contributed by atoms with Gasteiger partial charge in [0, 0.05) is 0 Å². The largest absolute Gasteiger partial charge is 0.465 e. The number of nitriles is 1. The lowest BCUT2D eigenvalue weighted by molar-refractivity contribution is -0.116. The highest BCUT2D eigenvalue weighted by Crippen LogP contribution is 1.85. The molecular weight excluding hydrogens is 158 g/mol. The van der Waals surface area contributed by atoms with Crippen LogP contribution in [0.4, 0.5) is 0 Å². The lowest BCUT2D eigenvalue weighted by atomic mass is 10.5. The Balaban J connectivity index is 3.82. The van der Waals surface area contributed by atoms with E-state index in [2.05, 4.69) is 4.99 Å². The number of carbonyl (C=O) groups excluding carboxylic acids is 1. The van der Waals surface area contributed by atoms with Gasteiger partial charge < -0.3 is 10.5 Å². The number of ether oxygens (including phenoxy) is 1. The predicted octanol–water partition coefficient (Wildman–Crippen LogP) is 0.168. The number of hydrogen-bond acceptors (Lipinski definition) is 3. The van der Waals surface area contributed by atoms with Crippen molar-refractivity contribution in [2.75, 3.05) is 6.61 Å². The first-order chi connectivity index (χ1) is 5.70. The molecule has 0 saturated heterocycles. The average Bonchev–Trinajstić information content (AvgIpc) is 2.01. The normalized spacial score (nSPS) is 10.5. The van der Waals surface area contributed by atoms with Gasteiger partial charge in [-0.15, -0.1) is 0 Å². The number of aliphatic imine (C=N–C) groups is 1. The van der Waals surface area contributed by atoms with Crippen molar-refractivity contribution in [3.8, 4) is 6.07 Å². The zero-order valence-electron chi connectivity index (χ0n) is 6.91. The van der Waals surface area contributed by atoms with E-state index >= 15 is 0 Å². The maximum absolute atomic E-state index is 10.6. The molecule has 0 radical (unpaired) electrons. The summed E-state index contributed by atoms with van der Waals surface area (Å²) in [6.45, 7) is 2.33. The number of rotatable bonds is 3. The van der Waals surface area contributed by atoms with Crippen LogP contribution in [0.5, 0.6) is 0 Å². The maximum atomic E-state index is 10.6. The summed E-state index contributed by atoms with van der Waals surface area (Å²) in [5.74, 6) is -0.578. The Morgan fingerprint density at radius 2 is 2.42 bits per heavy atom. The number of nitrogens with zero attached hydrogens (tertiary/aromatic N) is 2. The second-order valence-electron chi connectivity index (χ2n) is 2.03. The van der Waals surface area contributed by atoms with Gasteiger partial charge in [0.05, 0.1) is 12.7 Å². The lowest BCUT2D eigenvalue weighted by Gasteiger charge is -2.00. The van der Waals surface area contributed by atoms with Crippen molar-refractivity contribution in [1.82, 2.24) is 0 Å². The van der Waals surface area contributed by atoms with E-state index < -0.39 is 5.91 Å². The summed E-state index contributed by atoms with van der Waals surface area (Å²) in [7, 11) is 0. The summed E-state index contributed by atoms with van der Waals surface area (Å²) in [6.07, 6.45) is 0.527. The molecule has 5 heteroatoms. The molecule has 0 aliphatic heterocycles. The van der Waals surface area contributed by atoms with Crippen LogP contribution in [-0.2, 0) is 9.53 Å². The Bertz CT molecular complexity index is 217. The Kier molecular flexibility index (Phi) is 5.35. The molecule has 0 unspecified atom stereocenters. The average molecular weight is 169 g/mol. The Morgan fingerprint density at radius 3 is 2.92 bits per heavy atom. The van der Waals surface area contributed by atoms with Crippen molar-refractivity contribution in [2.24, 2.45) is 10.7 Å². The molecule has 0 atom stereocenters. The van der Waals surface area contributed by atoms with Gasteiger partial charge in [0.25, 0.3) is 11.9 Å². The maximum Gasteiger partial charge on any atom is 0.289 e. The van der Waals surface area contributed by atoms with Crippen molar-refractivity contribution in [2.45, 2.75) is 19.8 Å². The molecule has 0 saturated carbocycles. The Hall–Kier alpha value is -1.57. The zero-order valence-corrected chi connectivity index (χ0v) is 6.91. The number of hydrogen-bond donors (Lipinski definition) is 1. The van der Waals surface area contributed by atoms with E-state index in [0.29, 0.717) is 6.61 Å². The molecule has 0 aromatic rings. The van der Waals surface area contributed by atoms with Crippen molar-refractivity contribution in [3.63, 3.8) is 0 Å². The van der Waals surface area contributed by atoms with Crippen LogP contribution in [0.1, 0.15) is 19.8 Å². The topological polar surface area (TPSA) is 88.5 Å². The monoisotopic (exact) mass is 169 g/mol. The summed E-state index contributed by atoms with van der Waals surface area (Å²) >= 11 is 0. The summed E-state index contributed by atoms with van der Waals surface area (Å²) in [4.78, 5) is 14.0. The second-order valence-corrected chi connectivity index (χ2v) is 2.03. The Labute approximate surface area is 70.8 Å². The van der Waals surface area contributed by atoms with E-state index in [9.17, 15) is 4.79 Å². The van der Waals surface area contributed by atoms with Crippen LogP contribution in [0.3, 0.4) is 0 Å². The van der Waals surface area contributed by atoms with Crippen molar-refractivity contribution >= 4 is 11.9 Å². The summed E-state index contributed by atoms with van der Waals surface area (Å²) in [5, 5.41) is 8.10. The molecule has 0 fully saturated rings. The van der Waals surface area contributed by atoms with Crippen LogP contribution < -0.4 is 5.73 Å². The van der Waals surface area contributed by atoms with E-state index in [0.717, 1.165) is 6.42 Å². The van der Waals surface area contributed by atoms with Crippen LogP contribution in [0, 0.1) is 11.3 Å².